The quantitative estimate of drug-likeness (QED) is 0.689. The minimum Gasteiger partial charge on any atom is -0.324 e. The summed E-state index contributed by atoms with van der Waals surface area (Å²) >= 11 is 0. The highest BCUT2D eigenvalue weighted by molar-refractivity contribution is 5.71. The summed E-state index contributed by atoms with van der Waals surface area (Å²) in [6.45, 7) is 5.22. The van der Waals surface area contributed by atoms with E-state index in [2.05, 4.69) is 23.7 Å². The normalized spacial score (nSPS) is 13.5. The third-order valence-corrected chi connectivity index (χ3v) is 2.50. The van der Waals surface area contributed by atoms with Crippen LogP contribution in [-0.2, 0) is 0 Å². The van der Waals surface area contributed by atoms with Gasteiger partial charge >= 0.3 is 0 Å². The molecule has 1 heterocycles. The number of rotatable bonds is 5. The molecule has 0 saturated carbocycles. The average molecular weight is 209 g/mol. The highest BCUT2D eigenvalue weighted by atomic mass is 16.1. The fourth-order valence-corrected chi connectivity index (χ4v) is 1.68. The van der Waals surface area contributed by atoms with Crippen LogP contribution in [0.1, 0.15) is 30.4 Å². The van der Waals surface area contributed by atoms with Crippen LogP contribution in [0.4, 0.5) is 0 Å². The van der Waals surface area contributed by atoms with Gasteiger partial charge in [0.1, 0.15) is 5.69 Å². The molecular formula is C11H19N3O. The molecule has 1 aromatic rings. The molecule has 0 radical (unpaired) electrons. The summed E-state index contributed by atoms with van der Waals surface area (Å²) in [4.78, 5) is 17.0. The summed E-state index contributed by atoms with van der Waals surface area (Å²) in [7, 11) is 4.07. The van der Waals surface area contributed by atoms with Crippen LogP contribution in [0.5, 0.6) is 0 Å². The van der Waals surface area contributed by atoms with Crippen molar-refractivity contribution in [3.63, 3.8) is 0 Å². The maximum atomic E-state index is 10.8. The standard InChI is InChI=1S/C11H19N3O/c1-9(2)11(6-13(3)4)14-8-12-5-10(14)7-15/h5,7-9,11H,6H2,1-4H3. The van der Waals surface area contributed by atoms with E-state index in [0.717, 1.165) is 12.8 Å². The second-order valence-corrected chi connectivity index (χ2v) is 4.42. The molecule has 15 heavy (non-hydrogen) atoms. The van der Waals surface area contributed by atoms with Gasteiger partial charge in [-0.3, -0.25) is 4.79 Å². The zero-order chi connectivity index (χ0) is 11.4. The third kappa shape index (κ3) is 2.89. The van der Waals surface area contributed by atoms with Crippen LogP contribution in [0.3, 0.4) is 0 Å². The van der Waals surface area contributed by atoms with E-state index in [-0.39, 0.29) is 0 Å². The summed E-state index contributed by atoms with van der Waals surface area (Å²) in [5.74, 6) is 0.472. The van der Waals surface area contributed by atoms with Gasteiger partial charge in [0, 0.05) is 6.54 Å². The molecule has 1 unspecified atom stereocenters. The SMILES string of the molecule is CC(C)C(CN(C)C)n1cncc1C=O. The molecule has 4 nitrogen and oxygen atoms in total. The number of hydrogen-bond donors (Lipinski definition) is 0. The zero-order valence-electron chi connectivity index (χ0n) is 9.84. The van der Waals surface area contributed by atoms with Crippen molar-refractivity contribution in [2.45, 2.75) is 19.9 Å². The molecule has 0 aliphatic carbocycles. The second-order valence-electron chi connectivity index (χ2n) is 4.42. The van der Waals surface area contributed by atoms with Crippen molar-refractivity contribution in [3.05, 3.63) is 18.2 Å². The molecule has 0 saturated heterocycles. The molecule has 84 valence electrons. The van der Waals surface area contributed by atoms with Crippen molar-refractivity contribution in [1.29, 1.82) is 0 Å². The number of imidazole rings is 1. The molecule has 0 amide bonds. The number of aromatic nitrogens is 2. The third-order valence-electron chi connectivity index (χ3n) is 2.50. The van der Waals surface area contributed by atoms with Crippen LogP contribution < -0.4 is 0 Å². The minimum atomic E-state index is 0.294. The Hall–Kier alpha value is -1.16. The Morgan fingerprint density at radius 3 is 2.67 bits per heavy atom. The van der Waals surface area contributed by atoms with Gasteiger partial charge < -0.3 is 9.47 Å². The topological polar surface area (TPSA) is 38.1 Å². The van der Waals surface area contributed by atoms with Crippen LogP contribution >= 0.6 is 0 Å². The first-order valence-corrected chi connectivity index (χ1v) is 5.18. The molecule has 1 atom stereocenters. The number of hydrogen-bond acceptors (Lipinski definition) is 3. The van der Waals surface area contributed by atoms with Crippen LogP contribution in [0, 0.1) is 5.92 Å². The van der Waals surface area contributed by atoms with Crippen molar-refractivity contribution in [2.24, 2.45) is 5.92 Å². The lowest BCUT2D eigenvalue weighted by Gasteiger charge is -2.26. The largest absolute Gasteiger partial charge is 0.324 e. The summed E-state index contributed by atoms with van der Waals surface area (Å²) in [5, 5.41) is 0. The molecule has 0 N–H and O–H groups in total. The van der Waals surface area contributed by atoms with Gasteiger partial charge in [0.05, 0.1) is 18.6 Å². The monoisotopic (exact) mass is 209 g/mol. The van der Waals surface area contributed by atoms with E-state index < -0.39 is 0 Å². The maximum Gasteiger partial charge on any atom is 0.168 e. The summed E-state index contributed by atoms with van der Waals surface area (Å²) in [6.07, 6.45) is 4.20. The van der Waals surface area contributed by atoms with Gasteiger partial charge in [-0.25, -0.2) is 4.98 Å². The lowest BCUT2D eigenvalue weighted by molar-refractivity contribution is 0.111. The van der Waals surface area contributed by atoms with Gasteiger partial charge in [0.25, 0.3) is 0 Å². The van der Waals surface area contributed by atoms with Crippen LogP contribution in [0.2, 0.25) is 0 Å². The number of aldehydes is 1. The Kier molecular flexibility index (Phi) is 4.03. The first kappa shape index (κ1) is 11.9. The second kappa shape index (κ2) is 5.07. The molecule has 0 bridgehead atoms. The molecular weight excluding hydrogens is 190 g/mol. The molecule has 0 aliphatic rings. The fourth-order valence-electron chi connectivity index (χ4n) is 1.68. The van der Waals surface area contributed by atoms with E-state index in [1.165, 1.54) is 0 Å². The molecule has 1 aromatic heterocycles. The number of nitrogens with zero attached hydrogens (tertiary/aromatic N) is 3. The van der Waals surface area contributed by atoms with Crippen molar-refractivity contribution < 1.29 is 4.79 Å². The Labute approximate surface area is 90.9 Å². The molecule has 0 spiro atoms. The zero-order valence-corrected chi connectivity index (χ0v) is 9.84. The highest BCUT2D eigenvalue weighted by Gasteiger charge is 2.18. The first-order valence-electron chi connectivity index (χ1n) is 5.18. The average Bonchev–Trinajstić information content (AvgIpc) is 2.60. The van der Waals surface area contributed by atoms with Gasteiger partial charge in [-0.05, 0) is 20.0 Å². The Balaban J connectivity index is 2.93. The molecule has 0 aliphatic heterocycles. The number of carbonyl (C=O) groups excluding carboxylic acids is 1. The van der Waals surface area contributed by atoms with Crippen molar-refractivity contribution in [3.8, 4) is 0 Å². The number of likely N-dealkylation sites (N-methyl/N-ethyl adjacent to an activating group) is 1. The van der Waals surface area contributed by atoms with E-state index >= 15 is 0 Å². The maximum absolute atomic E-state index is 10.8. The van der Waals surface area contributed by atoms with Crippen molar-refractivity contribution >= 4 is 6.29 Å². The van der Waals surface area contributed by atoms with Gasteiger partial charge in [-0.15, -0.1) is 0 Å². The summed E-state index contributed by atoms with van der Waals surface area (Å²) in [6, 6.07) is 0.294. The van der Waals surface area contributed by atoms with Crippen molar-refractivity contribution in [1.82, 2.24) is 14.5 Å². The molecule has 1 rings (SSSR count). The summed E-state index contributed by atoms with van der Waals surface area (Å²) in [5.41, 5.74) is 0.649. The predicted molar refractivity (Wildman–Crippen MR) is 60.0 cm³/mol. The Morgan fingerprint density at radius 2 is 2.20 bits per heavy atom. The smallest absolute Gasteiger partial charge is 0.168 e. The van der Waals surface area contributed by atoms with E-state index in [1.807, 2.05) is 18.7 Å². The van der Waals surface area contributed by atoms with Crippen LogP contribution in [-0.4, -0.2) is 41.4 Å². The first-order chi connectivity index (χ1) is 7.06. The number of carbonyl (C=O) groups is 1. The van der Waals surface area contributed by atoms with Crippen LogP contribution in [0.15, 0.2) is 12.5 Å². The van der Waals surface area contributed by atoms with E-state index in [1.54, 1.807) is 12.5 Å². The highest BCUT2D eigenvalue weighted by Crippen LogP contribution is 2.19. The van der Waals surface area contributed by atoms with E-state index in [0.29, 0.717) is 17.7 Å². The summed E-state index contributed by atoms with van der Waals surface area (Å²) < 4.78 is 1.96. The minimum absolute atomic E-state index is 0.294. The molecule has 4 heteroatoms. The Bertz CT molecular complexity index is 317. The van der Waals surface area contributed by atoms with Gasteiger partial charge in [-0.1, -0.05) is 13.8 Å². The van der Waals surface area contributed by atoms with Gasteiger partial charge in [0.15, 0.2) is 6.29 Å². The van der Waals surface area contributed by atoms with E-state index in [4.69, 9.17) is 0 Å². The van der Waals surface area contributed by atoms with Gasteiger partial charge in [-0.2, -0.15) is 0 Å². The molecule has 0 fully saturated rings. The lowest BCUT2D eigenvalue weighted by atomic mass is 10.0. The van der Waals surface area contributed by atoms with Gasteiger partial charge in [0.2, 0.25) is 0 Å². The van der Waals surface area contributed by atoms with Crippen molar-refractivity contribution in [2.75, 3.05) is 20.6 Å². The lowest BCUT2D eigenvalue weighted by Crippen LogP contribution is -2.28. The fraction of sp³-hybridized carbons (Fsp3) is 0.636. The molecule has 0 aromatic carbocycles. The predicted octanol–water partition coefficient (Wildman–Crippen LogP) is 1.45. The van der Waals surface area contributed by atoms with Crippen LogP contribution in [0.25, 0.3) is 0 Å². The van der Waals surface area contributed by atoms with E-state index in [9.17, 15) is 4.79 Å². The Morgan fingerprint density at radius 1 is 1.53 bits per heavy atom.